The van der Waals surface area contributed by atoms with Crippen molar-refractivity contribution in [1.82, 2.24) is 0 Å². The van der Waals surface area contributed by atoms with E-state index in [0.717, 1.165) is 18.4 Å². The number of aliphatic hydroxyl groups excluding tert-OH is 1. The first-order valence-corrected chi connectivity index (χ1v) is 3.53. The van der Waals surface area contributed by atoms with Crippen molar-refractivity contribution < 1.29 is 31.3 Å². The van der Waals surface area contributed by atoms with E-state index in [2.05, 4.69) is 6.58 Å². The fraction of sp³-hybridized carbons (Fsp3) is 0.333. The van der Waals surface area contributed by atoms with Crippen LogP contribution >= 0.6 is 0 Å². The molecule has 0 aromatic rings. The van der Waals surface area contributed by atoms with Crippen molar-refractivity contribution in [2.45, 2.75) is 19.3 Å². The zero-order chi connectivity index (χ0) is 7.40. The third-order valence-corrected chi connectivity index (χ3v) is 1.62. The molecule has 0 fully saturated rings. The van der Waals surface area contributed by atoms with Gasteiger partial charge in [-0.2, -0.15) is 0 Å². The molecule has 1 nitrogen and oxygen atoms in total. The van der Waals surface area contributed by atoms with Crippen LogP contribution in [0.4, 0.5) is 0 Å². The number of aliphatic hydroxyl groups is 1. The fourth-order valence-corrected chi connectivity index (χ4v) is 1.03. The first-order chi connectivity index (χ1) is 4.84. The van der Waals surface area contributed by atoms with Crippen molar-refractivity contribution in [2.75, 3.05) is 0 Å². The van der Waals surface area contributed by atoms with Crippen LogP contribution in [0.25, 0.3) is 0 Å². The molecule has 1 aliphatic rings. The molecule has 1 rings (SSSR count). The van der Waals surface area contributed by atoms with Crippen molar-refractivity contribution in [3.05, 3.63) is 36.1 Å². The largest absolute Gasteiger partial charge is 0.512 e. The molecule has 2 heteroatoms. The van der Waals surface area contributed by atoms with Gasteiger partial charge in [0.1, 0.15) is 0 Å². The average molecular weight is 227 g/mol. The molecule has 0 radical (unpaired) electrons. The van der Waals surface area contributed by atoms with E-state index in [4.69, 9.17) is 0 Å². The Morgan fingerprint density at radius 3 is 2.82 bits per heavy atom. The van der Waals surface area contributed by atoms with Crippen molar-refractivity contribution >= 4 is 0 Å². The number of rotatable bonds is 3. The van der Waals surface area contributed by atoms with E-state index in [1.807, 2.05) is 18.2 Å². The minimum Gasteiger partial charge on any atom is -0.512 e. The molecule has 0 aromatic heterocycles. The Morgan fingerprint density at radius 2 is 2.36 bits per heavy atom. The first-order valence-electron chi connectivity index (χ1n) is 3.53. The molecule has 0 aliphatic heterocycles. The van der Waals surface area contributed by atoms with E-state index in [9.17, 15) is 5.11 Å². The molecular weight excluding hydrogens is 215 g/mol. The van der Waals surface area contributed by atoms with E-state index < -0.39 is 0 Å². The Kier molecular flexibility index (Phi) is 5.49. The molecule has 0 bridgehead atoms. The Balaban J connectivity index is 0.000001000. The molecule has 0 spiro atoms. The van der Waals surface area contributed by atoms with Gasteiger partial charge in [-0.15, -0.1) is 6.58 Å². The minimum atomic E-state index is 0. The molecule has 0 saturated carbocycles. The SMILES string of the molecule is C=CCCC1=C(O)CC=C1.[Zr]. The van der Waals surface area contributed by atoms with Crippen LogP contribution in [-0.4, -0.2) is 5.11 Å². The Morgan fingerprint density at radius 1 is 1.64 bits per heavy atom. The number of hydrogen-bond donors (Lipinski definition) is 1. The van der Waals surface area contributed by atoms with Gasteiger partial charge < -0.3 is 5.11 Å². The summed E-state index contributed by atoms with van der Waals surface area (Å²) in [6, 6.07) is 0. The third-order valence-electron chi connectivity index (χ3n) is 1.62. The van der Waals surface area contributed by atoms with Crippen LogP contribution in [0.15, 0.2) is 36.1 Å². The maximum absolute atomic E-state index is 9.20. The Bertz CT molecular complexity index is 192. The maximum Gasteiger partial charge on any atom is 0.0992 e. The third kappa shape index (κ3) is 3.20. The van der Waals surface area contributed by atoms with Crippen LogP contribution in [0, 0.1) is 0 Å². The van der Waals surface area contributed by atoms with E-state index in [-0.39, 0.29) is 26.2 Å². The van der Waals surface area contributed by atoms with Gasteiger partial charge in [0.2, 0.25) is 0 Å². The molecule has 1 aliphatic carbocycles. The summed E-state index contributed by atoms with van der Waals surface area (Å²) < 4.78 is 0. The molecule has 0 saturated heterocycles. The standard InChI is InChI=1S/C9H12O.Zr/c1-2-3-5-8-6-4-7-9(8)10;/h2,4,6,10H,1,3,5,7H2;. The summed E-state index contributed by atoms with van der Waals surface area (Å²) in [5.41, 5.74) is 1.07. The number of hydrogen-bond acceptors (Lipinski definition) is 1. The van der Waals surface area contributed by atoms with E-state index in [1.165, 1.54) is 0 Å². The van der Waals surface area contributed by atoms with Crippen LogP contribution in [0.2, 0.25) is 0 Å². The summed E-state index contributed by atoms with van der Waals surface area (Å²) in [5, 5.41) is 9.20. The Hall–Kier alpha value is -0.0969. The van der Waals surface area contributed by atoms with Gasteiger partial charge in [-0.1, -0.05) is 18.2 Å². The molecule has 1 N–H and O–H groups in total. The summed E-state index contributed by atoms with van der Waals surface area (Å²) >= 11 is 0. The summed E-state index contributed by atoms with van der Waals surface area (Å²) in [5.74, 6) is 0.529. The first kappa shape index (κ1) is 10.9. The molecule has 0 aromatic carbocycles. The van der Waals surface area contributed by atoms with Crippen LogP contribution < -0.4 is 0 Å². The monoisotopic (exact) mass is 226 g/mol. The van der Waals surface area contributed by atoms with E-state index >= 15 is 0 Å². The van der Waals surface area contributed by atoms with Crippen LogP contribution in [0.5, 0.6) is 0 Å². The van der Waals surface area contributed by atoms with Gasteiger partial charge in [0.05, 0.1) is 5.76 Å². The van der Waals surface area contributed by atoms with Crippen molar-refractivity contribution in [1.29, 1.82) is 0 Å². The summed E-state index contributed by atoms with van der Waals surface area (Å²) in [7, 11) is 0. The molecule has 58 valence electrons. The van der Waals surface area contributed by atoms with Gasteiger partial charge in [0.15, 0.2) is 0 Å². The van der Waals surface area contributed by atoms with Gasteiger partial charge in [-0.05, 0) is 18.4 Å². The molecule has 0 amide bonds. The normalized spacial score (nSPS) is 14.9. The van der Waals surface area contributed by atoms with Gasteiger partial charge in [0.25, 0.3) is 0 Å². The number of allylic oxidation sites excluding steroid dienone is 4. The predicted octanol–water partition coefficient (Wildman–Crippen LogP) is 2.72. The molecular formula is C9H12OZr. The van der Waals surface area contributed by atoms with E-state index in [1.54, 1.807) is 0 Å². The van der Waals surface area contributed by atoms with Gasteiger partial charge in [0, 0.05) is 32.6 Å². The van der Waals surface area contributed by atoms with Gasteiger partial charge in [-0.3, -0.25) is 0 Å². The van der Waals surface area contributed by atoms with Crippen LogP contribution in [0.1, 0.15) is 19.3 Å². The predicted molar refractivity (Wildman–Crippen MR) is 42.8 cm³/mol. The quantitative estimate of drug-likeness (QED) is 0.735. The summed E-state index contributed by atoms with van der Waals surface area (Å²) in [4.78, 5) is 0. The van der Waals surface area contributed by atoms with Crippen molar-refractivity contribution in [3.8, 4) is 0 Å². The van der Waals surface area contributed by atoms with Crippen molar-refractivity contribution in [3.63, 3.8) is 0 Å². The van der Waals surface area contributed by atoms with Crippen LogP contribution in [0.3, 0.4) is 0 Å². The van der Waals surface area contributed by atoms with Gasteiger partial charge in [-0.25, -0.2) is 0 Å². The Labute approximate surface area is 86.6 Å². The topological polar surface area (TPSA) is 20.2 Å². The second-order valence-corrected chi connectivity index (χ2v) is 2.41. The zero-order valence-electron chi connectivity index (χ0n) is 6.51. The summed E-state index contributed by atoms with van der Waals surface area (Å²) in [6.45, 7) is 3.62. The minimum absolute atomic E-state index is 0. The molecule has 11 heavy (non-hydrogen) atoms. The molecule has 0 unspecified atom stereocenters. The van der Waals surface area contributed by atoms with Crippen LogP contribution in [-0.2, 0) is 26.2 Å². The van der Waals surface area contributed by atoms with E-state index in [0.29, 0.717) is 12.2 Å². The van der Waals surface area contributed by atoms with Gasteiger partial charge >= 0.3 is 0 Å². The average Bonchev–Trinajstić information content (AvgIpc) is 2.31. The summed E-state index contributed by atoms with van der Waals surface area (Å²) in [6.07, 6.45) is 8.42. The zero-order valence-corrected chi connectivity index (χ0v) is 8.97. The van der Waals surface area contributed by atoms with Crippen molar-refractivity contribution in [2.24, 2.45) is 0 Å². The smallest absolute Gasteiger partial charge is 0.0992 e. The second-order valence-electron chi connectivity index (χ2n) is 2.41. The fourth-order valence-electron chi connectivity index (χ4n) is 1.03. The maximum atomic E-state index is 9.20. The molecule has 0 heterocycles. The molecule has 0 atom stereocenters. The second kappa shape index (κ2) is 5.54.